The maximum Gasteiger partial charge on any atom is 0.0781 e. The van der Waals surface area contributed by atoms with Crippen molar-refractivity contribution in [2.75, 3.05) is 18.0 Å². The highest BCUT2D eigenvalue weighted by molar-refractivity contribution is 5.54. The zero-order valence-corrected chi connectivity index (χ0v) is 10.6. The Morgan fingerprint density at radius 3 is 2.19 bits per heavy atom. The Kier molecular flexibility index (Phi) is 5.33. The molecule has 16 heavy (non-hydrogen) atoms. The summed E-state index contributed by atoms with van der Waals surface area (Å²) in [4.78, 5) is 2.36. The summed E-state index contributed by atoms with van der Waals surface area (Å²) in [6, 6.07) is 8.15. The van der Waals surface area contributed by atoms with Gasteiger partial charge in [0.05, 0.1) is 6.10 Å². The van der Waals surface area contributed by atoms with Crippen LogP contribution in [0.1, 0.15) is 45.3 Å². The second-order valence-corrected chi connectivity index (χ2v) is 4.22. The van der Waals surface area contributed by atoms with Gasteiger partial charge in [-0.25, -0.2) is 0 Å². The summed E-state index contributed by atoms with van der Waals surface area (Å²) in [7, 11) is 0. The molecule has 0 saturated carbocycles. The zero-order valence-electron chi connectivity index (χ0n) is 10.6. The second kappa shape index (κ2) is 6.54. The summed E-state index contributed by atoms with van der Waals surface area (Å²) in [6.07, 6.45) is 1.87. The van der Waals surface area contributed by atoms with Gasteiger partial charge in [0.2, 0.25) is 0 Å². The van der Waals surface area contributed by atoms with Crippen molar-refractivity contribution in [3.05, 3.63) is 29.8 Å². The van der Waals surface area contributed by atoms with Crippen molar-refractivity contribution in [2.45, 2.75) is 39.7 Å². The lowest BCUT2D eigenvalue weighted by atomic mass is 10.1. The van der Waals surface area contributed by atoms with Crippen LogP contribution in [0, 0.1) is 0 Å². The van der Waals surface area contributed by atoms with E-state index in [0.717, 1.165) is 31.5 Å². The molecule has 1 aromatic rings. The minimum atomic E-state index is -0.396. The predicted molar refractivity (Wildman–Crippen MR) is 69.9 cm³/mol. The number of anilines is 1. The number of hydrogen-bond donors (Lipinski definition) is 1. The number of rotatable bonds is 6. The average molecular weight is 221 g/mol. The molecule has 0 unspecified atom stereocenters. The second-order valence-electron chi connectivity index (χ2n) is 4.22. The highest BCUT2D eigenvalue weighted by Crippen LogP contribution is 2.26. The molecule has 0 saturated heterocycles. The van der Waals surface area contributed by atoms with E-state index in [-0.39, 0.29) is 0 Å². The average Bonchev–Trinajstić information content (AvgIpc) is 2.29. The predicted octanol–water partition coefficient (Wildman–Crippen LogP) is 3.37. The smallest absolute Gasteiger partial charge is 0.0781 e. The Balaban J connectivity index is 2.97. The molecule has 0 aromatic heterocycles. The highest BCUT2D eigenvalue weighted by atomic mass is 16.3. The third-order valence-electron chi connectivity index (χ3n) is 2.71. The first kappa shape index (κ1) is 13.0. The minimum absolute atomic E-state index is 0.396. The van der Waals surface area contributed by atoms with Crippen LogP contribution >= 0.6 is 0 Å². The van der Waals surface area contributed by atoms with Crippen LogP contribution in [0.4, 0.5) is 5.69 Å². The van der Waals surface area contributed by atoms with Gasteiger partial charge < -0.3 is 10.0 Å². The molecule has 2 heteroatoms. The molecule has 1 aromatic carbocycles. The number of hydrogen-bond acceptors (Lipinski definition) is 2. The van der Waals surface area contributed by atoms with E-state index >= 15 is 0 Å². The van der Waals surface area contributed by atoms with Crippen LogP contribution in [0.15, 0.2) is 24.3 Å². The lowest BCUT2D eigenvalue weighted by Gasteiger charge is -2.27. The van der Waals surface area contributed by atoms with Crippen LogP contribution in [0.2, 0.25) is 0 Å². The largest absolute Gasteiger partial charge is 0.389 e. The molecule has 0 radical (unpaired) electrons. The van der Waals surface area contributed by atoms with E-state index in [1.807, 2.05) is 25.1 Å². The molecular weight excluding hydrogens is 198 g/mol. The van der Waals surface area contributed by atoms with Crippen molar-refractivity contribution in [2.24, 2.45) is 0 Å². The zero-order chi connectivity index (χ0) is 12.0. The number of benzene rings is 1. The normalized spacial score (nSPS) is 12.5. The molecule has 1 atom stereocenters. The minimum Gasteiger partial charge on any atom is -0.389 e. The maximum atomic E-state index is 9.76. The van der Waals surface area contributed by atoms with Crippen molar-refractivity contribution in [1.29, 1.82) is 0 Å². The lowest BCUT2D eigenvalue weighted by Crippen LogP contribution is -2.26. The fraction of sp³-hybridized carbons (Fsp3) is 0.571. The molecule has 0 aliphatic carbocycles. The van der Waals surface area contributed by atoms with E-state index in [1.165, 1.54) is 5.69 Å². The summed E-state index contributed by atoms with van der Waals surface area (Å²) < 4.78 is 0. The fourth-order valence-electron chi connectivity index (χ4n) is 2.02. The summed E-state index contributed by atoms with van der Waals surface area (Å²) in [5.74, 6) is 0. The molecule has 0 spiro atoms. The molecular formula is C14H23NO. The fourth-order valence-corrected chi connectivity index (χ4v) is 2.02. The summed E-state index contributed by atoms with van der Waals surface area (Å²) in [5.41, 5.74) is 2.21. The van der Waals surface area contributed by atoms with Crippen molar-refractivity contribution in [3.8, 4) is 0 Å². The van der Waals surface area contributed by atoms with Gasteiger partial charge in [0.15, 0.2) is 0 Å². The molecule has 1 N–H and O–H groups in total. The first-order chi connectivity index (χ1) is 7.70. The van der Waals surface area contributed by atoms with Crippen LogP contribution in [0.3, 0.4) is 0 Å². The molecule has 2 nitrogen and oxygen atoms in total. The van der Waals surface area contributed by atoms with Gasteiger partial charge in [0, 0.05) is 24.3 Å². The van der Waals surface area contributed by atoms with Crippen molar-refractivity contribution >= 4 is 5.69 Å². The molecule has 0 amide bonds. The Bertz CT molecular complexity index is 303. The van der Waals surface area contributed by atoms with Crippen LogP contribution < -0.4 is 4.90 Å². The highest BCUT2D eigenvalue weighted by Gasteiger charge is 2.12. The van der Waals surface area contributed by atoms with E-state index in [0.29, 0.717) is 0 Å². The van der Waals surface area contributed by atoms with E-state index in [2.05, 4.69) is 24.8 Å². The summed E-state index contributed by atoms with van der Waals surface area (Å²) in [6.45, 7) is 8.31. The molecule has 0 aliphatic rings. The van der Waals surface area contributed by atoms with Gasteiger partial charge in [0.25, 0.3) is 0 Å². The van der Waals surface area contributed by atoms with Gasteiger partial charge in [-0.3, -0.25) is 0 Å². The Labute approximate surface area is 98.9 Å². The molecule has 0 bridgehead atoms. The number of aliphatic hydroxyl groups is 1. The molecule has 0 fully saturated rings. The SMILES string of the molecule is CCCN(CCC)c1ccccc1[C@H](C)O. The standard InChI is InChI=1S/C14H23NO/c1-4-10-15(11-5-2)14-9-7-6-8-13(14)12(3)16/h6-9,12,16H,4-5,10-11H2,1-3H3/t12-/m0/s1. The number of nitrogens with zero attached hydrogens (tertiary/aromatic N) is 1. The Morgan fingerprint density at radius 2 is 1.69 bits per heavy atom. The molecule has 90 valence electrons. The molecule has 0 heterocycles. The van der Waals surface area contributed by atoms with Gasteiger partial charge in [0.1, 0.15) is 0 Å². The van der Waals surface area contributed by atoms with Crippen molar-refractivity contribution in [1.82, 2.24) is 0 Å². The van der Waals surface area contributed by atoms with Crippen molar-refractivity contribution < 1.29 is 5.11 Å². The van der Waals surface area contributed by atoms with Crippen LogP contribution in [-0.4, -0.2) is 18.2 Å². The van der Waals surface area contributed by atoms with Gasteiger partial charge in [-0.1, -0.05) is 32.0 Å². The van der Waals surface area contributed by atoms with Gasteiger partial charge in [-0.05, 0) is 25.8 Å². The maximum absolute atomic E-state index is 9.76. The summed E-state index contributed by atoms with van der Waals surface area (Å²) in [5, 5.41) is 9.76. The van der Waals surface area contributed by atoms with E-state index < -0.39 is 6.10 Å². The third-order valence-corrected chi connectivity index (χ3v) is 2.71. The number of para-hydroxylation sites is 1. The third kappa shape index (κ3) is 3.24. The van der Waals surface area contributed by atoms with Crippen molar-refractivity contribution in [3.63, 3.8) is 0 Å². The topological polar surface area (TPSA) is 23.5 Å². The molecule has 1 rings (SSSR count). The van der Waals surface area contributed by atoms with Crippen LogP contribution in [0.5, 0.6) is 0 Å². The van der Waals surface area contributed by atoms with Gasteiger partial charge in [-0.15, -0.1) is 0 Å². The summed E-state index contributed by atoms with van der Waals surface area (Å²) >= 11 is 0. The first-order valence-corrected chi connectivity index (χ1v) is 6.22. The Hall–Kier alpha value is -1.02. The van der Waals surface area contributed by atoms with Crippen LogP contribution in [0.25, 0.3) is 0 Å². The van der Waals surface area contributed by atoms with Gasteiger partial charge in [-0.2, -0.15) is 0 Å². The first-order valence-electron chi connectivity index (χ1n) is 6.22. The van der Waals surface area contributed by atoms with Gasteiger partial charge >= 0.3 is 0 Å². The van der Waals surface area contributed by atoms with E-state index in [9.17, 15) is 5.11 Å². The van der Waals surface area contributed by atoms with E-state index in [4.69, 9.17) is 0 Å². The lowest BCUT2D eigenvalue weighted by molar-refractivity contribution is 0.199. The monoisotopic (exact) mass is 221 g/mol. The Morgan fingerprint density at radius 1 is 1.12 bits per heavy atom. The van der Waals surface area contributed by atoms with Crippen LogP contribution in [-0.2, 0) is 0 Å². The molecule has 0 aliphatic heterocycles. The van der Waals surface area contributed by atoms with E-state index in [1.54, 1.807) is 0 Å². The quantitative estimate of drug-likeness (QED) is 0.796. The number of aliphatic hydroxyl groups excluding tert-OH is 1.